The average Bonchev–Trinajstić information content (AvgIpc) is 3.28. The molecule has 132 valence electrons. The molecule has 1 aliphatic heterocycles. The van der Waals surface area contributed by atoms with Crippen LogP contribution in [0.3, 0.4) is 0 Å². The van der Waals surface area contributed by atoms with E-state index in [4.69, 9.17) is 9.47 Å². The second-order valence-electron chi connectivity index (χ2n) is 7.35. The van der Waals surface area contributed by atoms with E-state index in [2.05, 4.69) is 17.0 Å². The molecule has 0 aliphatic carbocycles. The molecule has 0 saturated carbocycles. The molecule has 0 bridgehead atoms. The summed E-state index contributed by atoms with van der Waals surface area (Å²) in [5.74, 6) is 0.650. The average molecular weight is 339 g/mol. The van der Waals surface area contributed by atoms with Gasteiger partial charge in [0.25, 0.3) is 0 Å². The lowest BCUT2D eigenvalue weighted by molar-refractivity contribution is -0.155. The van der Waals surface area contributed by atoms with E-state index < -0.39 is 5.60 Å². The molecule has 1 aliphatic rings. The van der Waals surface area contributed by atoms with Crippen LogP contribution in [-0.4, -0.2) is 29.6 Å². The Morgan fingerprint density at radius 2 is 1.68 bits per heavy atom. The van der Waals surface area contributed by atoms with Crippen molar-refractivity contribution in [2.45, 2.75) is 45.0 Å². The molecule has 4 nitrogen and oxygen atoms in total. The lowest BCUT2D eigenvalue weighted by atomic mass is 10.1. The van der Waals surface area contributed by atoms with E-state index in [0.29, 0.717) is 0 Å². The van der Waals surface area contributed by atoms with Crippen LogP contribution in [0, 0.1) is 0 Å². The van der Waals surface area contributed by atoms with Gasteiger partial charge in [-0.15, -0.1) is 0 Å². The highest BCUT2D eigenvalue weighted by molar-refractivity contribution is 5.81. The Morgan fingerprint density at radius 3 is 2.24 bits per heavy atom. The zero-order chi connectivity index (χ0) is 18.0. The van der Waals surface area contributed by atoms with E-state index in [1.807, 2.05) is 63.2 Å². The van der Waals surface area contributed by atoms with E-state index in [9.17, 15) is 4.79 Å². The maximum atomic E-state index is 12.6. The van der Waals surface area contributed by atoms with Crippen molar-refractivity contribution in [3.8, 4) is 5.75 Å². The first-order valence-electron chi connectivity index (χ1n) is 8.55. The molecule has 0 radical (unpaired) electrons. The summed E-state index contributed by atoms with van der Waals surface area (Å²) in [6, 6.07) is 17.9. The summed E-state index contributed by atoms with van der Waals surface area (Å²) < 4.78 is 10.8. The third-order valence-electron chi connectivity index (χ3n) is 4.24. The first-order valence-corrected chi connectivity index (χ1v) is 8.55. The number of methoxy groups -OCH3 is 1. The van der Waals surface area contributed by atoms with Gasteiger partial charge in [0.2, 0.25) is 0 Å². The lowest BCUT2D eigenvalue weighted by Crippen LogP contribution is -2.28. The molecule has 1 heterocycles. The summed E-state index contributed by atoms with van der Waals surface area (Å²) in [7, 11) is 1.65. The van der Waals surface area contributed by atoms with E-state index in [0.717, 1.165) is 17.9 Å². The van der Waals surface area contributed by atoms with Gasteiger partial charge in [-0.25, -0.2) is 0 Å². The number of carbonyl (C=O) groups is 1. The second kappa shape index (κ2) is 6.89. The van der Waals surface area contributed by atoms with Crippen molar-refractivity contribution in [3.05, 3.63) is 65.7 Å². The summed E-state index contributed by atoms with van der Waals surface area (Å²) in [5.41, 5.74) is 1.81. The normalized spacial score (nSPS) is 22.3. The van der Waals surface area contributed by atoms with E-state index >= 15 is 0 Å². The zero-order valence-corrected chi connectivity index (χ0v) is 15.2. The highest BCUT2D eigenvalue weighted by Gasteiger charge is 2.54. The van der Waals surface area contributed by atoms with Gasteiger partial charge in [0.15, 0.2) is 0 Å². The van der Waals surface area contributed by atoms with Gasteiger partial charge in [-0.3, -0.25) is 9.69 Å². The topological polar surface area (TPSA) is 38.5 Å². The highest BCUT2D eigenvalue weighted by atomic mass is 16.6. The molecule has 0 aromatic heterocycles. The van der Waals surface area contributed by atoms with Crippen LogP contribution in [0.25, 0.3) is 0 Å². The monoisotopic (exact) mass is 339 g/mol. The summed E-state index contributed by atoms with van der Waals surface area (Å²) in [6.45, 7) is 6.42. The molecule has 3 unspecified atom stereocenters. The summed E-state index contributed by atoms with van der Waals surface area (Å²) in [5, 5.41) is 0. The van der Waals surface area contributed by atoms with Crippen LogP contribution in [0.2, 0.25) is 0 Å². The standard InChI is InChI=1S/C21H25NO3/c1-21(2,3)25-20(23)19-18(16-10-12-17(24-4)13-11-16)22(19)14-15-8-6-5-7-9-15/h5-13,18-19H,14H2,1-4H3. The molecule has 0 spiro atoms. The van der Waals surface area contributed by atoms with Crippen molar-refractivity contribution in [1.29, 1.82) is 0 Å². The van der Waals surface area contributed by atoms with Gasteiger partial charge in [-0.1, -0.05) is 42.5 Å². The number of hydrogen-bond acceptors (Lipinski definition) is 4. The Kier molecular flexibility index (Phi) is 4.82. The van der Waals surface area contributed by atoms with Gasteiger partial charge >= 0.3 is 5.97 Å². The molecule has 3 rings (SSSR count). The van der Waals surface area contributed by atoms with E-state index in [-0.39, 0.29) is 18.1 Å². The molecule has 3 atom stereocenters. The molecule has 4 heteroatoms. The molecule has 0 amide bonds. The van der Waals surface area contributed by atoms with Crippen molar-refractivity contribution in [1.82, 2.24) is 4.90 Å². The van der Waals surface area contributed by atoms with E-state index in [1.165, 1.54) is 5.56 Å². The predicted molar refractivity (Wildman–Crippen MR) is 97.4 cm³/mol. The first kappa shape index (κ1) is 17.5. The second-order valence-corrected chi connectivity index (χ2v) is 7.35. The minimum Gasteiger partial charge on any atom is -0.497 e. The number of rotatable bonds is 5. The largest absolute Gasteiger partial charge is 0.497 e. The fourth-order valence-corrected chi connectivity index (χ4v) is 3.07. The van der Waals surface area contributed by atoms with Crippen molar-refractivity contribution in [3.63, 3.8) is 0 Å². The number of nitrogens with zero attached hydrogens (tertiary/aromatic N) is 1. The summed E-state index contributed by atoms with van der Waals surface area (Å²) >= 11 is 0. The van der Waals surface area contributed by atoms with Crippen LogP contribution in [0.4, 0.5) is 0 Å². The molecule has 0 N–H and O–H groups in total. The Labute approximate surface area is 149 Å². The Morgan fingerprint density at radius 1 is 1.04 bits per heavy atom. The van der Waals surface area contributed by atoms with Gasteiger partial charge < -0.3 is 9.47 Å². The van der Waals surface area contributed by atoms with E-state index in [1.54, 1.807) is 7.11 Å². The quantitative estimate of drug-likeness (QED) is 0.610. The molecule has 2 aromatic rings. The highest BCUT2D eigenvalue weighted by Crippen LogP contribution is 2.45. The fraction of sp³-hybridized carbons (Fsp3) is 0.381. The number of esters is 1. The van der Waals surface area contributed by atoms with Crippen LogP contribution in [0.5, 0.6) is 5.75 Å². The minimum absolute atomic E-state index is 0.0426. The number of ether oxygens (including phenoxy) is 2. The van der Waals surface area contributed by atoms with Gasteiger partial charge in [0.05, 0.1) is 13.2 Å². The Hall–Kier alpha value is -2.33. The number of benzene rings is 2. The molecule has 1 saturated heterocycles. The van der Waals surface area contributed by atoms with Crippen molar-refractivity contribution in [2.24, 2.45) is 0 Å². The maximum absolute atomic E-state index is 12.6. The van der Waals surface area contributed by atoms with Gasteiger partial charge in [0, 0.05) is 6.54 Å². The summed E-state index contributed by atoms with van der Waals surface area (Å²) in [6.07, 6.45) is 0. The third-order valence-corrected chi connectivity index (χ3v) is 4.24. The molecular weight excluding hydrogens is 314 g/mol. The van der Waals surface area contributed by atoms with Crippen molar-refractivity contribution < 1.29 is 14.3 Å². The first-order chi connectivity index (χ1) is 11.9. The van der Waals surface area contributed by atoms with Crippen LogP contribution in [0.1, 0.15) is 37.9 Å². The van der Waals surface area contributed by atoms with Gasteiger partial charge in [0.1, 0.15) is 17.4 Å². The van der Waals surface area contributed by atoms with Crippen LogP contribution >= 0.6 is 0 Å². The van der Waals surface area contributed by atoms with Gasteiger partial charge in [-0.05, 0) is 44.0 Å². The SMILES string of the molecule is COc1ccc(C2C(C(=O)OC(C)(C)C)N2Cc2ccccc2)cc1. The van der Waals surface area contributed by atoms with Crippen LogP contribution < -0.4 is 4.74 Å². The summed E-state index contributed by atoms with van der Waals surface area (Å²) in [4.78, 5) is 14.8. The molecular formula is C21H25NO3. The minimum atomic E-state index is -0.484. The van der Waals surface area contributed by atoms with Crippen molar-refractivity contribution >= 4 is 5.97 Å². The predicted octanol–water partition coefficient (Wildman–Crippen LogP) is 3.96. The maximum Gasteiger partial charge on any atom is 0.325 e. The van der Waals surface area contributed by atoms with Crippen LogP contribution in [0.15, 0.2) is 54.6 Å². The fourth-order valence-electron chi connectivity index (χ4n) is 3.07. The number of carbonyl (C=O) groups excluding carboxylic acids is 1. The van der Waals surface area contributed by atoms with Crippen molar-refractivity contribution in [2.75, 3.05) is 7.11 Å². The molecule has 2 aromatic carbocycles. The lowest BCUT2D eigenvalue weighted by Gasteiger charge is -2.19. The molecule has 1 fully saturated rings. The number of hydrogen-bond donors (Lipinski definition) is 0. The zero-order valence-electron chi connectivity index (χ0n) is 15.2. The smallest absolute Gasteiger partial charge is 0.325 e. The third kappa shape index (κ3) is 4.20. The van der Waals surface area contributed by atoms with Crippen LogP contribution in [-0.2, 0) is 16.1 Å². The Bertz CT molecular complexity index is 719. The Balaban J connectivity index is 1.80. The molecule has 25 heavy (non-hydrogen) atoms. The van der Waals surface area contributed by atoms with Gasteiger partial charge in [-0.2, -0.15) is 0 Å².